The molecule has 0 amide bonds. The second-order valence-electron chi connectivity index (χ2n) is 3.92. The van der Waals surface area contributed by atoms with E-state index in [2.05, 4.69) is 36.2 Å². The van der Waals surface area contributed by atoms with E-state index in [1.807, 2.05) is 24.3 Å². The summed E-state index contributed by atoms with van der Waals surface area (Å²) in [5.74, 6) is 0. The van der Waals surface area contributed by atoms with Crippen molar-refractivity contribution in [2.45, 2.75) is 13.5 Å². The predicted octanol–water partition coefficient (Wildman–Crippen LogP) is 3.50. The Hall–Kier alpha value is -2.18. The van der Waals surface area contributed by atoms with Gasteiger partial charge in [0.2, 0.25) is 6.08 Å². The maximum Gasteiger partial charge on any atom is 0.235 e. The SMILES string of the molecule is Cc1ccccc1-c1cccc(CN=C=O)c1. The van der Waals surface area contributed by atoms with Gasteiger partial charge < -0.3 is 0 Å². The largest absolute Gasteiger partial charge is 0.235 e. The molecule has 0 unspecified atom stereocenters. The van der Waals surface area contributed by atoms with Crippen LogP contribution in [0.2, 0.25) is 0 Å². The molecule has 0 atom stereocenters. The van der Waals surface area contributed by atoms with Crippen molar-refractivity contribution in [3.63, 3.8) is 0 Å². The van der Waals surface area contributed by atoms with Crippen LogP contribution in [0.5, 0.6) is 0 Å². The van der Waals surface area contributed by atoms with E-state index in [4.69, 9.17) is 0 Å². The van der Waals surface area contributed by atoms with Crippen LogP contribution in [0.25, 0.3) is 11.1 Å². The molecule has 0 radical (unpaired) electrons. The van der Waals surface area contributed by atoms with Gasteiger partial charge in [0, 0.05) is 0 Å². The number of hydrogen-bond acceptors (Lipinski definition) is 2. The normalized spacial score (nSPS) is 9.71. The predicted molar refractivity (Wildman–Crippen MR) is 68.4 cm³/mol. The Balaban J connectivity index is 2.39. The molecule has 0 N–H and O–H groups in total. The van der Waals surface area contributed by atoms with Crippen molar-refractivity contribution in [3.05, 3.63) is 59.7 Å². The lowest BCUT2D eigenvalue weighted by molar-refractivity contribution is 0.563. The molecule has 0 aliphatic heterocycles. The van der Waals surface area contributed by atoms with Gasteiger partial charge in [-0.15, -0.1) is 0 Å². The zero-order valence-electron chi connectivity index (χ0n) is 9.68. The van der Waals surface area contributed by atoms with E-state index in [0.29, 0.717) is 6.54 Å². The second kappa shape index (κ2) is 5.24. The zero-order chi connectivity index (χ0) is 12.1. The molecule has 0 spiro atoms. The molecule has 2 aromatic carbocycles. The standard InChI is InChI=1S/C15H13NO/c1-12-5-2-3-8-15(12)14-7-4-6-13(9-14)10-16-11-17/h2-9H,10H2,1H3. The fourth-order valence-electron chi connectivity index (χ4n) is 1.86. The number of aryl methyl sites for hydroxylation is 1. The highest BCUT2D eigenvalue weighted by Gasteiger charge is 2.01. The van der Waals surface area contributed by atoms with Crippen molar-refractivity contribution < 1.29 is 4.79 Å². The molecule has 84 valence electrons. The van der Waals surface area contributed by atoms with Gasteiger partial charge in [-0.1, -0.05) is 42.5 Å². The lowest BCUT2D eigenvalue weighted by Gasteiger charge is -2.06. The summed E-state index contributed by atoms with van der Waals surface area (Å²) in [7, 11) is 0. The summed E-state index contributed by atoms with van der Waals surface area (Å²) in [6.45, 7) is 2.48. The minimum Gasteiger partial charge on any atom is -0.211 e. The monoisotopic (exact) mass is 223 g/mol. The van der Waals surface area contributed by atoms with Crippen LogP contribution in [-0.4, -0.2) is 6.08 Å². The van der Waals surface area contributed by atoms with Crippen LogP contribution >= 0.6 is 0 Å². The first-order valence-electron chi connectivity index (χ1n) is 5.50. The summed E-state index contributed by atoms with van der Waals surface area (Å²) in [4.78, 5) is 13.7. The molecular formula is C15H13NO. The first-order chi connectivity index (χ1) is 8.31. The van der Waals surface area contributed by atoms with Gasteiger partial charge in [0.25, 0.3) is 0 Å². The van der Waals surface area contributed by atoms with E-state index in [1.165, 1.54) is 11.1 Å². The second-order valence-corrected chi connectivity index (χ2v) is 3.92. The summed E-state index contributed by atoms with van der Waals surface area (Å²) < 4.78 is 0. The van der Waals surface area contributed by atoms with Crippen LogP contribution in [0.1, 0.15) is 11.1 Å². The average molecular weight is 223 g/mol. The lowest BCUT2D eigenvalue weighted by Crippen LogP contribution is -1.86. The molecular weight excluding hydrogens is 210 g/mol. The Kier molecular flexibility index (Phi) is 3.49. The third-order valence-electron chi connectivity index (χ3n) is 2.71. The zero-order valence-corrected chi connectivity index (χ0v) is 9.68. The molecule has 17 heavy (non-hydrogen) atoms. The number of aliphatic imine (C=N–C) groups is 1. The van der Waals surface area contributed by atoms with Crippen LogP contribution in [0.15, 0.2) is 53.5 Å². The molecule has 0 heterocycles. The highest BCUT2D eigenvalue weighted by molar-refractivity contribution is 5.67. The van der Waals surface area contributed by atoms with Crippen molar-refractivity contribution in [3.8, 4) is 11.1 Å². The van der Waals surface area contributed by atoms with Gasteiger partial charge in [-0.2, -0.15) is 0 Å². The maximum absolute atomic E-state index is 10.1. The minimum absolute atomic E-state index is 0.392. The molecule has 0 aliphatic carbocycles. The van der Waals surface area contributed by atoms with Crippen molar-refractivity contribution >= 4 is 6.08 Å². The number of benzene rings is 2. The van der Waals surface area contributed by atoms with Gasteiger partial charge in [-0.05, 0) is 35.2 Å². The van der Waals surface area contributed by atoms with Crippen LogP contribution in [-0.2, 0) is 11.3 Å². The summed E-state index contributed by atoms with van der Waals surface area (Å²) in [6, 6.07) is 16.3. The van der Waals surface area contributed by atoms with Gasteiger partial charge in [-0.3, -0.25) is 0 Å². The topological polar surface area (TPSA) is 29.4 Å². The van der Waals surface area contributed by atoms with Crippen molar-refractivity contribution in [2.75, 3.05) is 0 Å². The number of carbonyl (C=O) groups excluding carboxylic acids is 1. The third-order valence-corrected chi connectivity index (χ3v) is 2.71. The molecule has 0 bridgehead atoms. The smallest absolute Gasteiger partial charge is 0.211 e. The van der Waals surface area contributed by atoms with Gasteiger partial charge in [0.15, 0.2) is 0 Å². The van der Waals surface area contributed by atoms with Crippen LogP contribution in [0.4, 0.5) is 0 Å². The van der Waals surface area contributed by atoms with E-state index in [1.54, 1.807) is 6.08 Å². The molecule has 0 saturated carbocycles. The summed E-state index contributed by atoms with van der Waals surface area (Å²) in [6.07, 6.45) is 1.56. The van der Waals surface area contributed by atoms with Crippen molar-refractivity contribution in [2.24, 2.45) is 4.99 Å². The summed E-state index contributed by atoms with van der Waals surface area (Å²) in [5.41, 5.74) is 4.63. The maximum atomic E-state index is 10.1. The lowest BCUT2D eigenvalue weighted by atomic mass is 9.99. The van der Waals surface area contributed by atoms with Gasteiger partial charge in [0.1, 0.15) is 0 Å². The highest BCUT2D eigenvalue weighted by Crippen LogP contribution is 2.23. The molecule has 0 aliphatic rings. The van der Waals surface area contributed by atoms with Gasteiger partial charge in [-0.25, -0.2) is 9.79 Å². The first-order valence-corrected chi connectivity index (χ1v) is 5.50. The fourth-order valence-corrected chi connectivity index (χ4v) is 1.86. The number of rotatable bonds is 3. The van der Waals surface area contributed by atoms with E-state index in [9.17, 15) is 4.79 Å². The average Bonchev–Trinajstić information content (AvgIpc) is 2.37. The van der Waals surface area contributed by atoms with Crippen LogP contribution < -0.4 is 0 Å². The Morgan fingerprint density at radius 1 is 1.12 bits per heavy atom. The molecule has 2 rings (SSSR count). The molecule has 2 aromatic rings. The molecule has 2 nitrogen and oxygen atoms in total. The fraction of sp³-hybridized carbons (Fsp3) is 0.133. The Morgan fingerprint density at radius 3 is 2.71 bits per heavy atom. The Morgan fingerprint density at radius 2 is 1.94 bits per heavy atom. The van der Waals surface area contributed by atoms with E-state index in [0.717, 1.165) is 11.1 Å². The molecule has 2 heteroatoms. The van der Waals surface area contributed by atoms with Crippen LogP contribution in [0.3, 0.4) is 0 Å². The van der Waals surface area contributed by atoms with E-state index >= 15 is 0 Å². The first kappa shape index (κ1) is 11.3. The van der Waals surface area contributed by atoms with Gasteiger partial charge >= 0.3 is 0 Å². The highest BCUT2D eigenvalue weighted by atomic mass is 16.1. The third kappa shape index (κ3) is 2.68. The van der Waals surface area contributed by atoms with E-state index in [-0.39, 0.29) is 0 Å². The Labute approximate surface area is 101 Å². The molecule has 0 saturated heterocycles. The summed E-state index contributed by atoms with van der Waals surface area (Å²) >= 11 is 0. The number of nitrogens with zero attached hydrogens (tertiary/aromatic N) is 1. The molecule has 0 aromatic heterocycles. The van der Waals surface area contributed by atoms with Crippen LogP contribution in [0, 0.1) is 6.92 Å². The Bertz CT molecular complexity index is 569. The van der Waals surface area contributed by atoms with Crippen molar-refractivity contribution in [1.82, 2.24) is 0 Å². The van der Waals surface area contributed by atoms with Gasteiger partial charge in [0.05, 0.1) is 6.54 Å². The van der Waals surface area contributed by atoms with E-state index < -0.39 is 0 Å². The molecule has 0 fully saturated rings. The summed E-state index contributed by atoms with van der Waals surface area (Å²) in [5, 5.41) is 0. The number of isocyanates is 1. The van der Waals surface area contributed by atoms with Crippen molar-refractivity contribution in [1.29, 1.82) is 0 Å². The minimum atomic E-state index is 0.392. The quantitative estimate of drug-likeness (QED) is 0.578. The number of hydrogen-bond donors (Lipinski definition) is 0.